The lowest BCUT2D eigenvalue weighted by atomic mass is 10.0. The average molecular weight is 233 g/mol. The van der Waals surface area contributed by atoms with Gasteiger partial charge in [-0.2, -0.15) is 5.26 Å². The van der Waals surface area contributed by atoms with Crippen LogP contribution in [0.25, 0.3) is 0 Å². The van der Waals surface area contributed by atoms with Crippen LogP contribution >= 0.6 is 0 Å². The van der Waals surface area contributed by atoms with Crippen molar-refractivity contribution in [3.05, 3.63) is 23.0 Å². The van der Waals surface area contributed by atoms with Crippen molar-refractivity contribution in [3.8, 4) is 6.07 Å². The molecule has 1 heterocycles. The summed E-state index contributed by atoms with van der Waals surface area (Å²) in [6, 6.07) is 3.94. The van der Waals surface area contributed by atoms with Crippen molar-refractivity contribution in [3.63, 3.8) is 0 Å². The number of aromatic nitrogens is 1. The molecule has 0 unspecified atom stereocenters. The van der Waals surface area contributed by atoms with Crippen molar-refractivity contribution in [2.75, 3.05) is 11.9 Å². The van der Waals surface area contributed by atoms with Crippen LogP contribution in [-0.4, -0.2) is 22.7 Å². The van der Waals surface area contributed by atoms with Gasteiger partial charge in [0.2, 0.25) is 0 Å². The molecule has 0 aliphatic heterocycles. The molecule has 1 rings (SSSR count). The number of nitriles is 1. The van der Waals surface area contributed by atoms with Crippen molar-refractivity contribution in [1.82, 2.24) is 4.98 Å². The van der Waals surface area contributed by atoms with Gasteiger partial charge in [0.25, 0.3) is 0 Å². The molecule has 0 saturated carbocycles. The Balaban J connectivity index is 3.09. The van der Waals surface area contributed by atoms with Crippen LogP contribution in [0.4, 0.5) is 5.69 Å². The molecule has 0 aliphatic carbocycles. The van der Waals surface area contributed by atoms with Crippen molar-refractivity contribution in [2.45, 2.75) is 33.7 Å². The first-order chi connectivity index (χ1) is 7.99. The summed E-state index contributed by atoms with van der Waals surface area (Å²) in [7, 11) is 0. The Morgan fingerprint density at radius 1 is 1.47 bits per heavy atom. The van der Waals surface area contributed by atoms with Crippen LogP contribution in [0.15, 0.2) is 6.07 Å². The molecule has 0 spiro atoms. The molecule has 0 fully saturated rings. The molecule has 4 nitrogen and oxygen atoms in total. The number of nitrogens with zero attached hydrogens (tertiary/aromatic N) is 2. The number of aliphatic hydroxyl groups is 1. The van der Waals surface area contributed by atoms with Gasteiger partial charge in [0.05, 0.1) is 29.6 Å². The fourth-order valence-corrected chi connectivity index (χ4v) is 1.71. The minimum Gasteiger partial charge on any atom is -0.394 e. The van der Waals surface area contributed by atoms with Gasteiger partial charge in [-0.25, -0.2) is 0 Å². The standard InChI is InChI=1S/C13H19N3O/c1-8(2)13(7-17)16-12-5-9(3)15-10(4)11(12)6-14/h5,8,13,17H,7H2,1-4H3,(H,15,16)/t13-/m1/s1. The normalized spacial score (nSPS) is 12.3. The Morgan fingerprint density at radius 3 is 2.59 bits per heavy atom. The summed E-state index contributed by atoms with van der Waals surface area (Å²) in [4.78, 5) is 4.26. The van der Waals surface area contributed by atoms with E-state index < -0.39 is 0 Å². The lowest BCUT2D eigenvalue weighted by Gasteiger charge is -2.22. The number of nitrogens with one attached hydrogen (secondary N) is 1. The molecular weight excluding hydrogens is 214 g/mol. The first-order valence-electron chi connectivity index (χ1n) is 5.75. The Bertz CT molecular complexity index is 435. The SMILES string of the molecule is Cc1cc(N[C@H](CO)C(C)C)c(C#N)c(C)n1. The van der Waals surface area contributed by atoms with E-state index >= 15 is 0 Å². The zero-order valence-electron chi connectivity index (χ0n) is 10.8. The summed E-state index contributed by atoms with van der Waals surface area (Å²) < 4.78 is 0. The van der Waals surface area contributed by atoms with Gasteiger partial charge in [0, 0.05) is 5.69 Å². The molecule has 0 aliphatic rings. The maximum absolute atomic E-state index is 9.30. The average Bonchev–Trinajstić information content (AvgIpc) is 2.24. The molecule has 17 heavy (non-hydrogen) atoms. The third kappa shape index (κ3) is 3.18. The van der Waals surface area contributed by atoms with Crippen LogP contribution < -0.4 is 5.32 Å². The highest BCUT2D eigenvalue weighted by atomic mass is 16.3. The Morgan fingerprint density at radius 2 is 2.12 bits per heavy atom. The fourth-order valence-electron chi connectivity index (χ4n) is 1.71. The molecule has 1 atom stereocenters. The maximum atomic E-state index is 9.30. The second-order valence-electron chi connectivity index (χ2n) is 4.56. The predicted octanol–water partition coefficient (Wildman–Crippen LogP) is 2.00. The zero-order chi connectivity index (χ0) is 13.0. The molecule has 0 aromatic carbocycles. The summed E-state index contributed by atoms with van der Waals surface area (Å²) >= 11 is 0. The Labute approximate surface area is 102 Å². The predicted molar refractivity (Wildman–Crippen MR) is 67.8 cm³/mol. The van der Waals surface area contributed by atoms with Gasteiger partial charge in [0.15, 0.2) is 0 Å². The topological polar surface area (TPSA) is 68.9 Å². The summed E-state index contributed by atoms with van der Waals surface area (Å²) in [6.07, 6.45) is 0. The Hall–Kier alpha value is -1.60. The van der Waals surface area contributed by atoms with Crippen LogP contribution in [0.2, 0.25) is 0 Å². The second kappa shape index (κ2) is 5.65. The van der Waals surface area contributed by atoms with Crippen molar-refractivity contribution < 1.29 is 5.11 Å². The monoisotopic (exact) mass is 233 g/mol. The van der Waals surface area contributed by atoms with Gasteiger partial charge in [-0.1, -0.05) is 13.8 Å². The van der Waals surface area contributed by atoms with E-state index in [-0.39, 0.29) is 12.6 Å². The van der Waals surface area contributed by atoms with Crippen LogP contribution in [0.5, 0.6) is 0 Å². The molecule has 0 amide bonds. The molecule has 0 radical (unpaired) electrons. The highest BCUT2D eigenvalue weighted by Gasteiger charge is 2.15. The fraction of sp³-hybridized carbons (Fsp3) is 0.538. The van der Waals surface area contributed by atoms with E-state index in [4.69, 9.17) is 5.26 Å². The molecule has 0 bridgehead atoms. The summed E-state index contributed by atoms with van der Waals surface area (Å²) in [5, 5.41) is 21.6. The molecule has 92 valence electrons. The van der Waals surface area contributed by atoms with E-state index in [1.54, 1.807) is 0 Å². The number of rotatable bonds is 4. The molecular formula is C13H19N3O. The van der Waals surface area contributed by atoms with Gasteiger partial charge in [-0.3, -0.25) is 4.98 Å². The van der Waals surface area contributed by atoms with Crippen LogP contribution in [0, 0.1) is 31.1 Å². The van der Waals surface area contributed by atoms with E-state index in [9.17, 15) is 5.11 Å². The minimum absolute atomic E-state index is 0.0446. The number of anilines is 1. The Kier molecular flexibility index (Phi) is 4.47. The van der Waals surface area contributed by atoms with Crippen molar-refractivity contribution in [1.29, 1.82) is 5.26 Å². The summed E-state index contributed by atoms with van der Waals surface area (Å²) in [5.74, 6) is 0.292. The van der Waals surface area contributed by atoms with Gasteiger partial charge in [-0.05, 0) is 25.8 Å². The second-order valence-corrected chi connectivity index (χ2v) is 4.56. The zero-order valence-corrected chi connectivity index (χ0v) is 10.8. The number of hydrogen-bond donors (Lipinski definition) is 2. The van der Waals surface area contributed by atoms with Gasteiger partial charge in [-0.15, -0.1) is 0 Å². The lowest BCUT2D eigenvalue weighted by Crippen LogP contribution is -2.30. The maximum Gasteiger partial charge on any atom is 0.103 e. The molecule has 4 heteroatoms. The summed E-state index contributed by atoms with van der Waals surface area (Å²) in [5.41, 5.74) is 2.89. The highest BCUT2D eigenvalue weighted by molar-refractivity contribution is 5.60. The molecule has 0 saturated heterocycles. The van der Waals surface area contributed by atoms with E-state index in [1.807, 2.05) is 33.8 Å². The number of aliphatic hydroxyl groups excluding tert-OH is 1. The quantitative estimate of drug-likeness (QED) is 0.834. The van der Waals surface area contributed by atoms with Crippen LogP contribution in [0.3, 0.4) is 0 Å². The van der Waals surface area contributed by atoms with E-state index in [1.165, 1.54) is 0 Å². The van der Waals surface area contributed by atoms with E-state index in [2.05, 4.69) is 16.4 Å². The van der Waals surface area contributed by atoms with Crippen molar-refractivity contribution in [2.24, 2.45) is 5.92 Å². The minimum atomic E-state index is -0.0525. The highest BCUT2D eigenvalue weighted by Crippen LogP contribution is 2.21. The van der Waals surface area contributed by atoms with Gasteiger partial charge < -0.3 is 10.4 Å². The number of aryl methyl sites for hydroxylation is 2. The van der Waals surface area contributed by atoms with Gasteiger partial charge >= 0.3 is 0 Å². The van der Waals surface area contributed by atoms with Crippen LogP contribution in [0.1, 0.15) is 30.8 Å². The lowest BCUT2D eigenvalue weighted by molar-refractivity contribution is 0.249. The molecule has 2 N–H and O–H groups in total. The van der Waals surface area contributed by atoms with E-state index in [0.717, 1.165) is 17.1 Å². The third-order valence-corrected chi connectivity index (χ3v) is 2.78. The largest absolute Gasteiger partial charge is 0.394 e. The van der Waals surface area contributed by atoms with Crippen LogP contribution in [-0.2, 0) is 0 Å². The van der Waals surface area contributed by atoms with Gasteiger partial charge in [0.1, 0.15) is 6.07 Å². The number of pyridine rings is 1. The molecule has 1 aromatic heterocycles. The third-order valence-electron chi connectivity index (χ3n) is 2.78. The van der Waals surface area contributed by atoms with E-state index in [0.29, 0.717) is 11.5 Å². The summed E-state index contributed by atoms with van der Waals surface area (Å²) in [6.45, 7) is 7.81. The molecule has 1 aromatic rings. The smallest absolute Gasteiger partial charge is 0.103 e. The van der Waals surface area contributed by atoms with Crippen molar-refractivity contribution >= 4 is 5.69 Å². The first kappa shape index (κ1) is 13.5. The number of hydrogen-bond acceptors (Lipinski definition) is 4. The first-order valence-corrected chi connectivity index (χ1v) is 5.75.